The van der Waals surface area contributed by atoms with Gasteiger partial charge in [0.15, 0.2) is 9.84 Å². The van der Waals surface area contributed by atoms with Crippen molar-refractivity contribution in [2.75, 3.05) is 16.8 Å². The van der Waals surface area contributed by atoms with E-state index in [1.807, 2.05) is 0 Å². The van der Waals surface area contributed by atoms with Crippen LogP contribution in [0.2, 0.25) is 0 Å². The average Bonchev–Trinajstić information content (AvgIpc) is 2.37. The molecule has 1 saturated heterocycles. The SMILES string of the molecule is O=C(O)c1cc(NC2CCCS(=O)(=O)C2)ccc1[N+](=O)[O-]. The number of anilines is 1. The number of nitrogens with one attached hydrogen (secondary N) is 1. The summed E-state index contributed by atoms with van der Waals surface area (Å²) in [6.07, 6.45) is 1.19. The first-order valence-corrected chi connectivity index (χ1v) is 8.09. The summed E-state index contributed by atoms with van der Waals surface area (Å²) in [5, 5.41) is 22.7. The monoisotopic (exact) mass is 314 g/mol. The van der Waals surface area contributed by atoms with Gasteiger partial charge in [-0.3, -0.25) is 10.1 Å². The molecule has 1 unspecified atom stereocenters. The number of carbonyl (C=O) groups is 1. The van der Waals surface area contributed by atoms with Crippen molar-refractivity contribution in [3.63, 3.8) is 0 Å². The smallest absolute Gasteiger partial charge is 0.342 e. The third-order valence-corrected chi connectivity index (χ3v) is 5.08. The molecule has 0 bridgehead atoms. The molecule has 0 saturated carbocycles. The van der Waals surface area contributed by atoms with E-state index in [1.165, 1.54) is 6.07 Å². The molecule has 114 valence electrons. The highest BCUT2D eigenvalue weighted by molar-refractivity contribution is 7.91. The third kappa shape index (κ3) is 3.69. The topological polar surface area (TPSA) is 127 Å². The van der Waals surface area contributed by atoms with Crippen LogP contribution >= 0.6 is 0 Å². The first-order chi connectivity index (χ1) is 9.78. The van der Waals surface area contributed by atoms with E-state index in [2.05, 4.69) is 5.32 Å². The number of carboxylic acid groups (broad SMARTS) is 1. The van der Waals surface area contributed by atoms with Gasteiger partial charge in [-0.25, -0.2) is 13.2 Å². The summed E-state index contributed by atoms with van der Waals surface area (Å²) in [5.41, 5.74) is -0.562. The summed E-state index contributed by atoms with van der Waals surface area (Å²) in [7, 11) is -3.09. The first-order valence-electron chi connectivity index (χ1n) is 6.27. The van der Waals surface area contributed by atoms with Gasteiger partial charge in [-0.2, -0.15) is 0 Å². The Morgan fingerprint density at radius 2 is 2.14 bits per heavy atom. The molecule has 1 heterocycles. The lowest BCUT2D eigenvalue weighted by molar-refractivity contribution is -0.385. The van der Waals surface area contributed by atoms with E-state index in [0.29, 0.717) is 18.5 Å². The molecule has 2 N–H and O–H groups in total. The zero-order valence-electron chi connectivity index (χ0n) is 11.0. The van der Waals surface area contributed by atoms with Crippen LogP contribution in [-0.2, 0) is 9.84 Å². The van der Waals surface area contributed by atoms with E-state index >= 15 is 0 Å². The molecule has 1 aliphatic rings. The Bertz CT molecular complexity index is 685. The summed E-state index contributed by atoms with van der Waals surface area (Å²) in [6, 6.07) is 3.32. The van der Waals surface area contributed by atoms with Gasteiger partial charge in [-0.1, -0.05) is 0 Å². The number of aromatic carboxylic acids is 1. The largest absolute Gasteiger partial charge is 0.477 e. The predicted molar refractivity (Wildman–Crippen MR) is 75.4 cm³/mol. The minimum atomic E-state index is -3.09. The summed E-state index contributed by atoms with van der Waals surface area (Å²) in [4.78, 5) is 21.0. The van der Waals surface area contributed by atoms with E-state index < -0.39 is 32.0 Å². The maximum atomic E-state index is 11.5. The molecule has 1 aromatic carbocycles. The number of nitrogens with zero attached hydrogens (tertiary/aromatic N) is 1. The van der Waals surface area contributed by atoms with Crippen LogP contribution in [0.5, 0.6) is 0 Å². The van der Waals surface area contributed by atoms with Crippen molar-refractivity contribution in [3.05, 3.63) is 33.9 Å². The summed E-state index contributed by atoms with van der Waals surface area (Å²) >= 11 is 0. The Kier molecular flexibility index (Phi) is 4.12. The van der Waals surface area contributed by atoms with Crippen LogP contribution in [0.15, 0.2) is 18.2 Å². The molecule has 0 spiro atoms. The van der Waals surface area contributed by atoms with Crippen molar-refractivity contribution >= 4 is 27.2 Å². The lowest BCUT2D eigenvalue weighted by Crippen LogP contribution is -2.34. The molecule has 0 aromatic heterocycles. The van der Waals surface area contributed by atoms with Gasteiger partial charge < -0.3 is 10.4 Å². The zero-order valence-corrected chi connectivity index (χ0v) is 11.8. The molecule has 1 atom stereocenters. The van der Waals surface area contributed by atoms with Crippen LogP contribution in [0.4, 0.5) is 11.4 Å². The minimum absolute atomic E-state index is 0.0214. The second-order valence-corrected chi connectivity index (χ2v) is 7.12. The molecule has 21 heavy (non-hydrogen) atoms. The highest BCUT2D eigenvalue weighted by atomic mass is 32.2. The van der Waals surface area contributed by atoms with Crippen LogP contribution < -0.4 is 5.32 Å². The van der Waals surface area contributed by atoms with Gasteiger partial charge in [0, 0.05) is 17.8 Å². The molecule has 8 nitrogen and oxygen atoms in total. The molecule has 1 aliphatic heterocycles. The van der Waals surface area contributed by atoms with Gasteiger partial charge in [0.2, 0.25) is 0 Å². The number of nitro benzene ring substituents is 1. The second kappa shape index (κ2) is 5.68. The van der Waals surface area contributed by atoms with Crippen molar-refractivity contribution in [1.29, 1.82) is 0 Å². The van der Waals surface area contributed by atoms with Gasteiger partial charge in [0.05, 0.1) is 16.4 Å². The Morgan fingerprint density at radius 3 is 2.71 bits per heavy atom. The minimum Gasteiger partial charge on any atom is -0.477 e. The van der Waals surface area contributed by atoms with Crippen molar-refractivity contribution in [3.8, 4) is 0 Å². The lowest BCUT2D eigenvalue weighted by Gasteiger charge is -2.24. The van der Waals surface area contributed by atoms with Crippen molar-refractivity contribution in [1.82, 2.24) is 0 Å². The number of rotatable bonds is 4. The standard InChI is InChI=1S/C12H14N2O6S/c15-12(16)10-6-8(3-4-11(10)14(17)18)13-9-2-1-5-21(19,20)7-9/h3-4,6,9,13H,1-2,5,7H2,(H,15,16). The van der Waals surface area contributed by atoms with E-state index in [9.17, 15) is 23.3 Å². The molecule has 1 fully saturated rings. The Hall–Kier alpha value is -2.16. The quantitative estimate of drug-likeness (QED) is 0.633. The number of carboxylic acids is 1. The van der Waals surface area contributed by atoms with Crippen LogP contribution in [0.25, 0.3) is 0 Å². The van der Waals surface area contributed by atoms with E-state index in [-0.39, 0.29) is 17.5 Å². The van der Waals surface area contributed by atoms with Crippen molar-refractivity contribution < 1.29 is 23.2 Å². The number of hydrogen-bond donors (Lipinski definition) is 2. The van der Waals surface area contributed by atoms with Gasteiger partial charge in [-0.05, 0) is 25.0 Å². The van der Waals surface area contributed by atoms with E-state index in [4.69, 9.17) is 5.11 Å². The fourth-order valence-electron chi connectivity index (χ4n) is 2.33. The van der Waals surface area contributed by atoms with Crippen LogP contribution in [0.3, 0.4) is 0 Å². The summed E-state index contributed by atoms with van der Waals surface area (Å²) in [5.74, 6) is -1.26. The zero-order chi connectivity index (χ0) is 15.6. The highest BCUT2D eigenvalue weighted by Crippen LogP contribution is 2.24. The molecule has 9 heteroatoms. The van der Waals surface area contributed by atoms with Crippen LogP contribution in [0, 0.1) is 10.1 Å². The maximum Gasteiger partial charge on any atom is 0.342 e. The van der Waals surface area contributed by atoms with E-state index in [0.717, 1.165) is 12.1 Å². The second-order valence-electron chi connectivity index (χ2n) is 4.89. The fraction of sp³-hybridized carbons (Fsp3) is 0.417. The molecule has 0 amide bonds. The van der Waals surface area contributed by atoms with Gasteiger partial charge in [0.1, 0.15) is 5.56 Å². The van der Waals surface area contributed by atoms with Crippen LogP contribution in [-0.4, -0.2) is 42.0 Å². The Labute approximate surface area is 120 Å². The molecule has 2 rings (SSSR count). The van der Waals surface area contributed by atoms with Gasteiger partial charge in [-0.15, -0.1) is 0 Å². The molecular formula is C12H14N2O6S. The molecular weight excluding hydrogens is 300 g/mol. The highest BCUT2D eigenvalue weighted by Gasteiger charge is 2.26. The average molecular weight is 314 g/mol. The summed E-state index contributed by atoms with van der Waals surface area (Å²) < 4.78 is 23.1. The van der Waals surface area contributed by atoms with Crippen LogP contribution in [0.1, 0.15) is 23.2 Å². The van der Waals surface area contributed by atoms with Gasteiger partial charge in [0.25, 0.3) is 5.69 Å². The first kappa shape index (κ1) is 15.2. The third-order valence-electron chi connectivity index (χ3n) is 3.26. The predicted octanol–water partition coefficient (Wildman–Crippen LogP) is 1.28. The number of sulfone groups is 1. The summed E-state index contributed by atoms with van der Waals surface area (Å²) in [6.45, 7) is 0. The molecule has 0 radical (unpaired) electrons. The molecule has 1 aromatic rings. The molecule has 0 aliphatic carbocycles. The van der Waals surface area contributed by atoms with E-state index in [1.54, 1.807) is 0 Å². The Morgan fingerprint density at radius 1 is 1.43 bits per heavy atom. The normalized spacial score (nSPS) is 20.7. The maximum absolute atomic E-state index is 11.5. The van der Waals surface area contributed by atoms with Crippen molar-refractivity contribution in [2.24, 2.45) is 0 Å². The number of nitro groups is 1. The lowest BCUT2D eigenvalue weighted by atomic mass is 10.1. The number of hydrogen-bond acceptors (Lipinski definition) is 6. The number of benzene rings is 1. The Balaban J connectivity index is 2.23. The van der Waals surface area contributed by atoms with Gasteiger partial charge >= 0.3 is 5.97 Å². The van der Waals surface area contributed by atoms with Crippen molar-refractivity contribution in [2.45, 2.75) is 18.9 Å². The fourth-order valence-corrected chi connectivity index (χ4v) is 3.96.